The van der Waals surface area contributed by atoms with Crippen molar-refractivity contribution in [2.45, 2.75) is 33.1 Å². The topological polar surface area (TPSA) is 32.3 Å². The van der Waals surface area contributed by atoms with Crippen LogP contribution < -0.4 is 5.32 Å². The highest BCUT2D eigenvalue weighted by Gasteiger charge is 2.07. The maximum atomic E-state index is 11.7. The van der Waals surface area contributed by atoms with Crippen molar-refractivity contribution in [1.82, 2.24) is 10.2 Å². The van der Waals surface area contributed by atoms with Crippen LogP contribution in [0.5, 0.6) is 0 Å². The number of hydrogen-bond donors (Lipinski definition) is 1. The Morgan fingerprint density at radius 1 is 1.26 bits per heavy atom. The molecule has 0 bridgehead atoms. The van der Waals surface area contributed by atoms with Crippen molar-refractivity contribution in [3.63, 3.8) is 0 Å². The van der Waals surface area contributed by atoms with Crippen molar-refractivity contribution in [2.24, 2.45) is 0 Å². The van der Waals surface area contributed by atoms with Crippen molar-refractivity contribution in [3.05, 3.63) is 34.9 Å². The summed E-state index contributed by atoms with van der Waals surface area (Å²) in [5.74, 6) is 0. The summed E-state index contributed by atoms with van der Waals surface area (Å²) >= 11 is 5.93. The van der Waals surface area contributed by atoms with Gasteiger partial charge < -0.3 is 10.2 Å². The Labute approximate surface area is 120 Å². The van der Waals surface area contributed by atoms with Gasteiger partial charge in [-0.05, 0) is 50.8 Å². The van der Waals surface area contributed by atoms with Crippen molar-refractivity contribution in [2.75, 3.05) is 19.6 Å². The number of nitrogens with zero attached hydrogens (tertiary/aromatic N) is 1. The number of nitrogens with one attached hydrogen (secondary N) is 1. The molecule has 4 heteroatoms. The molecule has 0 saturated heterocycles. The highest BCUT2D eigenvalue weighted by Crippen LogP contribution is 2.12. The predicted octanol–water partition coefficient (Wildman–Crippen LogP) is 3.71. The monoisotopic (exact) mass is 282 g/mol. The maximum absolute atomic E-state index is 11.7. The van der Waals surface area contributed by atoms with E-state index >= 15 is 0 Å². The van der Waals surface area contributed by atoms with Gasteiger partial charge in [-0.3, -0.25) is 0 Å². The first-order valence-electron chi connectivity index (χ1n) is 6.94. The van der Waals surface area contributed by atoms with Gasteiger partial charge in [0.1, 0.15) is 0 Å². The molecule has 0 saturated carbocycles. The highest BCUT2D eigenvalue weighted by molar-refractivity contribution is 6.30. The van der Waals surface area contributed by atoms with E-state index in [0.29, 0.717) is 0 Å². The Morgan fingerprint density at radius 2 is 2.00 bits per heavy atom. The van der Waals surface area contributed by atoms with E-state index in [0.717, 1.165) is 43.9 Å². The van der Waals surface area contributed by atoms with Gasteiger partial charge in [0, 0.05) is 24.7 Å². The SMILES string of the molecule is CCN(CC)C(=O)NCCCCc1cccc(Cl)c1. The fraction of sp³-hybridized carbons (Fsp3) is 0.533. The van der Waals surface area contributed by atoms with Crippen LogP contribution in [-0.2, 0) is 6.42 Å². The molecule has 0 aromatic heterocycles. The van der Waals surface area contributed by atoms with Crippen LogP contribution in [0.15, 0.2) is 24.3 Å². The third kappa shape index (κ3) is 5.97. The van der Waals surface area contributed by atoms with Gasteiger partial charge in [-0.25, -0.2) is 4.79 Å². The lowest BCUT2D eigenvalue weighted by atomic mass is 10.1. The zero-order valence-corrected chi connectivity index (χ0v) is 12.5. The van der Waals surface area contributed by atoms with Crippen LogP contribution in [0.1, 0.15) is 32.3 Å². The number of rotatable bonds is 7. The molecule has 1 N–H and O–H groups in total. The summed E-state index contributed by atoms with van der Waals surface area (Å²) in [6.45, 7) is 6.22. The Hall–Kier alpha value is -1.22. The first-order valence-corrected chi connectivity index (χ1v) is 7.32. The second-order valence-electron chi connectivity index (χ2n) is 4.49. The van der Waals surface area contributed by atoms with Crippen LogP contribution >= 0.6 is 11.6 Å². The van der Waals surface area contributed by atoms with E-state index < -0.39 is 0 Å². The number of carbonyl (C=O) groups is 1. The average molecular weight is 283 g/mol. The molecule has 0 spiro atoms. The molecule has 0 aliphatic heterocycles. The molecule has 0 atom stereocenters. The fourth-order valence-corrected chi connectivity index (χ4v) is 2.18. The largest absolute Gasteiger partial charge is 0.338 e. The molecule has 1 aromatic rings. The van der Waals surface area contributed by atoms with Gasteiger partial charge in [0.05, 0.1) is 0 Å². The van der Waals surface area contributed by atoms with Crippen LogP contribution in [0, 0.1) is 0 Å². The van der Waals surface area contributed by atoms with Gasteiger partial charge in [-0.2, -0.15) is 0 Å². The summed E-state index contributed by atoms with van der Waals surface area (Å²) in [6, 6.07) is 7.97. The minimum atomic E-state index is 0.0350. The Balaban J connectivity index is 2.16. The quantitative estimate of drug-likeness (QED) is 0.760. The zero-order valence-electron chi connectivity index (χ0n) is 11.8. The Morgan fingerprint density at radius 3 is 2.63 bits per heavy atom. The van der Waals surface area contributed by atoms with Crippen molar-refractivity contribution in [3.8, 4) is 0 Å². The third-order valence-electron chi connectivity index (χ3n) is 3.11. The van der Waals surface area contributed by atoms with Crippen molar-refractivity contribution >= 4 is 17.6 Å². The summed E-state index contributed by atoms with van der Waals surface area (Å²) < 4.78 is 0. The van der Waals surface area contributed by atoms with E-state index in [4.69, 9.17) is 11.6 Å². The molecule has 19 heavy (non-hydrogen) atoms. The molecule has 0 radical (unpaired) electrons. The fourth-order valence-electron chi connectivity index (χ4n) is 1.96. The maximum Gasteiger partial charge on any atom is 0.317 e. The van der Waals surface area contributed by atoms with Gasteiger partial charge >= 0.3 is 6.03 Å². The van der Waals surface area contributed by atoms with Crippen LogP contribution in [-0.4, -0.2) is 30.6 Å². The lowest BCUT2D eigenvalue weighted by Crippen LogP contribution is -2.40. The van der Waals surface area contributed by atoms with E-state index in [9.17, 15) is 4.79 Å². The number of urea groups is 1. The normalized spacial score (nSPS) is 10.3. The third-order valence-corrected chi connectivity index (χ3v) is 3.34. The van der Waals surface area contributed by atoms with Crippen LogP contribution in [0.4, 0.5) is 4.79 Å². The van der Waals surface area contributed by atoms with E-state index in [1.807, 2.05) is 32.0 Å². The molecular weight excluding hydrogens is 260 g/mol. The van der Waals surface area contributed by atoms with Crippen LogP contribution in [0.25, 0.3) is 0 Å². The van der Waals surface area contributed by atoms with Gasteiger partial charge in [-0.15, -0.1) is 0 Å². The molecule has 0 heterocycles. The number of halogens is 1. The van der Waals surface area contributed by atoms with E-state index in [1.54, 1.807) is 4.90 Å². The van der Waals surface area contributed by atoms with Crippen molar-refractivity contribution in [1.29, 1.82) is 0 Å². The van der Waals surface area contributed by atoms with Gasteiger partial charge in [0.2, 0.25) is 0 Å². The second-order valence-corrected chi connectivity index (χ2v) is 4.93. The zero-order chi connectivity index (χ0) is 14.1. The summed E-state index contributed by atoms with van der Waals surface area (Å²) in [4.78, 5) is 13.5. The number of carbonyl (C=O) groups excluding carboxylic acids is 1. The molecule has 0 fully saturated rings. The van der Waals surface area contributed by atoms with Gasteiger partial charge in [0.15, 0.2) is 0 Å². The second kappa shape index (κ2) is 8.81. The van der Waals surface area contributed by atoms with Crippen LogP contribution in [0.2, 0.25) is 5.02 Å². The van der Waals surface area contributed by atoms with Gasteiger partial charge in [-0.1, -0.05) is 23.7 Å². The number of hydrogen-bond acceptors (Lipinski definition) is 1. The molecule has 1 rings (SSSR count). The van der Waals surface area contributed by atoms with Gasteiger partial charge in [0.25, 0.3) is 0 Å². The molecule has 1 aromatic carbocycles. The summed E-state index contributed by atoms with van der Waals surface area (Å²) in [6.07, 6.45) is 3.04. The van der Waals surface area contributed by atoms with Crippen LogP contribution in [0.3, 0.4) is 0 Å². The first kappa shape index (κ1) is 15.8. The van der Waals surface area contributed by atoms with Crippen molar-refractivity contribution < 1.29 is 4.79 Å². The first-order chi connectivity index (χ1) is 9.17. The summed E-state index contributed by atoms with van der Waals surface area (Å²) in [7, 11) is 0. The minimum Gasteiger partial charge on any atom is -0.338 e. The summed E-state index contributed by atoms with van der Waals surface area (Å²) in [5.41, 5.74) is 1.25. The Kier molecular flexibility index (Phi) is 7.34. The molecular formula is C15H23ClN2O. The number of benzene rings is 1. The smallest absolute Gasteiger partial charge is 0.317 e. The lowest BCUT2D eigenvalue weighted by Gasteiger charge is -2.19. The molecule has 0 unspecified atom stereocenters. The minimum absolute atomic E-state index is 0.0350. The molecule has 106 valence electrons. The standard InChI is InChI=1S/C15H23ClN2O/c1-3-18(4-2)15(19)17-11-6-5-8-13-9-7-10-14(16)12-13/h7,9-10,12H,3-6,8,11H2,1-2H3,(H,17,19). The molecule has 0 aliphatic carbocycles. The Bertz CT molecular complexity index is 391. The number of unbranched alkanes of at least 4 members (excludes halogenated alkanes) is 1. The van der Waals surface area contributed by atoms with E-state index in [-0.39, 0.29) is 6.03 Å². The highest BCUT2D eigenvalue weighted by atomic mass is 35.5. The number of aryl methyl sites for hydroxylation is 1. The lowest BCUT2D eigenvalue weighted by molar-refractivity contribution is 0.203. The van der Waals surface area contributed by atoms with E-state index in [2.05, 4.69) is 11.4 Å². The average Bonchev–Trinajstić information content (AvgIpc) is 2.40. The summed E-state index contributed by atoms with van der Waals surface area (Å²) in [5, 5.41) is 3.73. The molecule has 2 amide bonds. The molecule has 3 nitrogen and oxygen atoms in total. The predicted molar refractivity (Wildman–Crippen MR) is 80.7 cm³/mol. The number of amides is 2. The molecule has 0 aliphatic rings. The van der Waals surface area contributed by atoms with E-state index in [1.165, 1.54) is 5.56 Å².